The topological polar surface area (TPSA) is 13.1 Å². The van der Waals surface area contributed by atoms with Gasteiger partial charge in [-0.2, -0.15) is 0 Å². The molecule has 3 aromatic rings. The van der Waals surface area contributed by atoms with Gasteiger partial charge in [0.1, 0.15) is 26.6 Å². The minimum atomic E-state index is -1.77. The lowest BCUT2D eigenvalue weighted by molar-refractivity contribution is -0.660. The van der Waals surface area contributed by atoms with Crippen molar-refractivity contribution in [2.24, 2.45) is 7.05 Å². The molecule has 24 heavy (non-hydrogen) atoms. The number of para-hydroxylation sites is 1. The number of benzene rings is 2. The molecular formula is C21H22NOSi+. The molecule has 1 aliphatic heterocycles. The number of rotatable bonds is 1. The van der Waals surface area contributed by atoms with Gasteiger partial charge in [0.15, 0.2) is 6.20 Å². The molecule has 0 bridgehead atoms. The van der Waals surface area contributed by atoms with E-state index in [0.717, 1.165) is 11.5 Å². The third-order valence-electron chi connectivity index (χ3n) is 5.12. The molecular weight excluding hydrogens is 310 g/mol. The fraction of sp³-hybridized carbons (Fsp3) is 0.190. The molecule has 0 unspecified atom stereocenters. The number of aromatic nitrogens is 1. The van der Waals surface area contributed by atoms with Crippen LogP contribution in [0.15, 0.2) is 60.8 Å². The van der Waals surface area contributed by atoms with Crippen molar-refractivity contribution in [2.75, 3.05) is 0 Å². The first-order valence-corrected chi connectivity index (χ1v) is 11.4. The molecule has 1 aliphatic rings. The molecule has 0 fully saturated rings. The maximum Gasteiger partial charge on any atom is 0.216 e. The molecule has 0 aliphatic carbocycles. The average Bonchev–Trinajstić information content (AvgIpc) is 2.56. The van der Waals surface area contributed by atoms with Crippen LogP contribution < -0.4 is 19.7 Å². The molecule has 0 amide bonds. The maximum absolute atomic E-state index is 6.46. The molecule has 2 heterocycles. The number of ether oxygens (including phenoxy) is 1. The van der Waals surface area contributed by atoms with E-state index in [4.69, 9.17) is 4.74 Å². The summed E-state index contributed by atoms with van der Waals surface area (Å²) in [6, 6.07) is 19.3. The van der Waals surface area contributed by atoms with E-state index < -0.39 is 8.07 Å². The summed E-state index contributed by atoms with van der Waals surface area (Å²) in [5.41, 5.74) is 3.65. The van der Waals surface area contributed by atoms with Crippen LogP contribution in [0.25, 0.3) is 11.3 Å². The molecule has 0 atom stereocenters. The van der Waals surface area contributed by atoms with Gasteiger partial charge in [0.05, 0.1) is 5.56 Å². The second kappa shape index (κ2) is 5.31. The zero-order chi connectivity index (χ0) is 16.9. The first-order valence-electron chi connectivity index (χ1n) is 8.36. The van der Waals surface area contributed by atoms with Crippen molar-refractivity contribution in [2.45, 2.75) is 20.0 Å². The third-order valence-corrected chi connectivity index (χ3v) is 8.62. The summed E-state index contributed by atoms with van der Waals surface area (Å²) in [5, 5.41) is 2.76. The van der Waals surface area contributed by atoms with Crippen LogP contribution >= 0.6 is 0 Å². The van der Waals surface area contributed by atoms with Crippen LogP contribution in [0.1, 0.15) is 5.56 Å². The second-order valence-corrected chi connectivity index (χ2v) is 11.4. The highest BCUT2D eigenvalue weighted by atomic mass is 28.3. The van der Waals surface area contributed by atoms with Crippen LogP contribution in [0, 0.1) is 6.92 Å². The molecule has 3 heteroatoms. The Hall–Kier alpha value is -2.39. The van der Waals surface area contributed by atoms with Crippen molar-refractivity contribution in [1.82, 2.24) is 0 Å². The third kappa shape index (κ3) is 2.12. The fourth-order valence-corrected chi connectivity index (χ4v) is 6.50. The van der Waals surface area contributed by atoms with Crippen molar-refractivity contribution >= 4 is 18.4 Å². The van der Waals surface area contributed by atoms with E-state index in [1.54, 1.807) is 0 Å². The Balaban J connectivity index is 2.03. The van der Waals surface area contributed by atoms with Gasteiger partial charge in [0.2, 0.25) is 5.69 Å². The molecule has 120 valence electrons. The van der Waals surface area contributed by atoms with E-state index >= 15 is 0 Å². The summed E-state index contributed by atoms with van der Waals surface area (Å²) >= 11 is 0. The zero-order valence-corrected chi connectivity index (χ0v) is 15.6. The molecule has 0 spiro atoms. The minimum absolute atomic E-state index is 1.02. The van der Waals surface area contributed by atoms with E-state index in [-0.39, 0.29) is 0 Å². The quantitative estimate of drug-likeness (QED) is 0.492. The smallest absolute Gasteiger partial charge is 0.216 e. The summed E-state index contributed by atoms with van der Waals surface area (Å²) in [5.74, 6) is 2.07. The largest absolute Gasteiger partial charge is 0.457 e. The minimum Gasteiger partial charge on any atom is -0.457 e. The lowest BCUT2D eigenvalue weighted by Gasteiger charge is -2.34. The first kappa shape index (κ1) is 15.2. The molecule has 4 rings (SSSR count). The van der Waals surface area contributed by atoms with E-state index in [9.17, 15) is 0 Å². The van der Waals surface area contributed by atoms with Crippen LogP contribution in [0.3, 0.4) is 0 Å². The standard InChI is InChI=1S/C21H22NOSi/c1-15-12-13-19-21(20(15)16-9-7-8-14-22(16)2)23-17-10-5-6-11-18(17)24(19,3)4/h5-14H,1-4H3/q+1. The lowest BCUT2D eigenvalue weighted by atomic mass is 10.0. The highest BCUT2D eigenvalue weighted by Crippen LogP contribution is 2.37. The summed E-state index contributed by atoms with van der Waals surface area (Å²) in [7, 11) is 0.320. The van der Waals surface area contributed by atoms with Gasteiger partial charge in [-0.3, -0.25) is 0 Å². The summed E-state index contributed by atoms with van der Waals surface area (Å²) < 4.78 is 8.62. The van der Waals surface area contributed by atoms with Crippen LogP contribution in [0.5, 0.6) is 11.5 Å². The van der Waals surface area contributed by atoms with Gasteiger partial charge >= 0.3 is 0 Å². The number of hydrogen-bond acceptors (Lipinski definition) is 1. The van der Waals surface area contributed by atoms with E-state index in [1.807, 2.05) is 0 Å². The fourth-order valence-electron chi connectivity index (χ4n) is 3.71. The number of pyridine rings is 1. The maximum atomic E-state index is 6.46. The van der Waals surface area contributed by atoms with E-state index in [0.29, 0.717) is 0 Å². The Labute approximate surface area is 144 Å². The van der Waals surface area contributed by atoms with Gasteiger partial charge in [-0.25, -0.2) is 4.57 Å². The van der Waals surface area contributed by atoms with Crippen molar-refractivity contribution in [3.63, 3.8) is 0 Å². The van der Waals surface area contributed by atoms with E-state index in [1.165, 1.54) is 27.2 Å². The normalized spacial score (nSPS) is 14.5. The van der Waals surface area contributed by atoms with Gasteiger partial charge in [-0.05, 0) is 35.0 Å². The molecule has 0 N–H and O–H groups in total. The molecule has 2 nitrogen and oxygen atoms in total. The summed E-state index contributed by atoms with van der Waals surface area (Å²) in [6.45, 7) is 7.00. The Bertz CT molecular complexity index is 946. The van der Waals surface area contributed by atoms with Crippen molar-refractivity contribution in [1.29, 1.82) is 0 Å². The Morgan fingerprint density at radius 1 is 0.875 bits per heavy atom. The van der Waals surface area contributed by atoms with Crippen LogP contribution in [0.2, 0.25) is 13.1 Å². The Kier molecular flexibility index (Phi) is 3.36. The van der Waals surface area contributed by atoms with Gasteiger partial charge in [0.25, 0.3) is 0 Å². The van der Waals surface area contributed by atoms with Gasteiger partial charge in [0, 0.05) is 12.1 Å². The van der Waals surface area contributed by atoms with Gasteiger partial charge in [-0.1, -0.05) is 43.4 Å². The van der Waals surface area contributed by atoms with Crippen molar-refractivity contribution in [3.05, 3.63) is 66.4 Å². The van der Waals surface area contributed by atoms with Crippen molar-refractivity contribution in [3.8, 4) is 22.8 Å². The monoisotopic (exact) mass is 332 g/mol. The Morgan fingerprint density at radius 2 is 1.62 bits per heavy atom. The number of hydrogen-bond donors (Lipinski definition) is 0. The lowest BCUT2D eigenvalue weighted by Crippen LogP contribution is -2.56. The number of fused-ring (bicyclic) bond motifs is 2. The summed E-state index contributed by atoms with van der Waals surface area (Å²) in [4.78, 5) is 0. The second-order valence-electron chi connectivity index (χ2n) is 7.05. The molecule has 1 aromatic heterocycles. The van der Waals surface area contributed by atoms with Crippen LogP contribution in [-0.2, 0) is 7.05 Å². The van der Waals surface area contributed by atoms with Gasteiger partial charge < -0.3 is 4.74 Å². The molecule has 0 radical (unpaired) electrons. The molecule has 0 saturated heterocycles. The highest BCUT2D eigenvalue weighted by molar-refractivity contribution is 7.01. The van der Waals surface area contributed by atoms with E-state index in [2.05, 4.69) is 92.4 Å². The van der Waals surface area contributed by atoms with Crippen molar-refractivity contribution < 1.29 is 9.30 Å². The highest BCUT2D eigenvalue weighted by Gasteiger charge is 2.38. The van der Waals surface area contributed by atoms with Crippen LogP contribution in [-0.4, -0.2) is 8.07 Å². The predicted octanol–water partition coefficient (Wildman–Crippen LogP) is 3.41. The average molecular weight is 332 g/mol. The predicted molar refractivity (Wildman–Crippen MR) is 101 cm³/mol. The SMILES string of the molecule is Cc1ccc2c(c1-c1cccc[n+]1C)Oc1ccccc1[Si]2(C)C. The zero-order valence-electron chi connectivity index (χ0n) is 14.6. The first-order chi connectivity index (χ1) is 11.5. The Morgan fingerprint density at radius 3 is 2.42 bits per heavy atom. The number of nitrogens with zero attached hydrogens (tertiary/aromatic N) is 1. The molecule has 0 saturated carbocycles. The summed E-state index contributed by atoms with van der Waals surface area (Å²) in [6.07, 6.45) is 2.09. The van der Waals surface area contributed by atoms with Crippen LogP contribution in [0.4, 0.5) is 0 Å². The van der Waals surface area contributed by atoms with Gasteiger partial charge in [-0.15, -0.1) is 0 Å². The number of aryl methyl sites for hydroxylation is 2. The molecule has 2 aromatic carbocycles.